The van der Waals surface area contributed by atoms with E-state index >= 15 is 0 Å². The van der Waals surface area contributed by atoms with Gasteiger partial charge < -0.3 is 11.1 Å². The third-order valence-corrected chi connectivity index (χ3v) is 4.74. The van der Waals surface area contributed by atoms with Crippen molar-refractivity contribution < 1.29 is 4.79 Å². The number of thiophene rings is 1. The summed E-state index contributed by atoms with van der Waals surface area (Å²) in [6, 6.07) is 8.27. The van der Waals surface area contributed by atoms with Crippen molar-refractivity contribution in [1.29, 1.82) is 0 Å². The number of amides is 1. The molecule has 4 heteroatoms. The largest absolute Gasteiger partial charge is 0.351 e. The number of nitrogens with two attached hydrogens (primary N) is 1. The molecule has 18 heavy (non-hydrogen) atoms. The van der Waals surface area contributed by atoms with Gasteiger partial charge in [-0.1, -0.05) is 18.2 Å². The molecule has 3 rings (SSSR count). The lowest BCUT2D eigenvalue weighted by Crippen LogP contribution is -2.36. The predicted octanol–water partition coefficient (Wildman–Crippen LogP) is 2.26. The summed E-state index contributed by atoms with van der Waals surface area (Å²) in [5.41, 5.74) is 6.58. The Morgan fingerprint density at radius 3 is 2.89 bits per heavy atom. The molecule has 94 valence electrons. The van der Waals surface area contributed by atoms with E-state index in [9.17, 15) is 4.79 Å². The Balaban J connectivity index is 1.72. The van der Waals surface area contributed by atoms with E-state index in [4.69, 9.17) is 5.73 Å². The van der Waals surface area contributed by atoms with Gasteiger partial charge in [-0.2, -0.15) is 0 Å². The Labute approximate surface area is 110 Å². The number of benzene rings is 1. The molecule has 0 radical (unpaired) electrons. The third-order valence-electron chi connectivity index (χ3n) is 3.73. The van der Waals surface area contributed by atoms with Crippen LogP contribution in [-0.2, 0) is 11.3 Å². The van der Waals surface area contributed by atoms with E-state index in [2.05, 4.69) is 22.8 Å². The van der Waals surface area contributed by atoms with Crippen molar-refractivity contribution in [2.24, 2.45) is 11.1 Å². The van der Waals surface area contributed by atoms with Crippen LogP contribution in [0, 0.1) is 5.41 Å². The lowest BCUT2D eigenvalue weighted by molar-refractivity contribution is -0.126. The van der Waals surface area contributed by atoms with Crippen molar-refractivity contribution in [3.05, 3.63) is 35.2 Å². The first-order valence-electron chi connectivity index (χ1n) is 6.19. The van der Waals surface area contributed by atoms with Crippen LogP contribution in [0.15, 0.2) is 29.6 Å². The van der Waals surface area contributed by atoms with Crippen molar-refractivity contribution >= 4 is 27.3 Å². The Bertz CT molecular complexity index is 586. The molecule has 1 heterocycles. The summed E-state index contributed by atoms with van der Waals surface area (Å²) in [5.74, 6) is 0.111. The zero-order chi connectivity index (χ0) is 12.6. The zero-order valence-electron chi connectivity index (χ0n) is 10.1. The molecule has 1 aromatic carbocycles. The quantitative estimate of drug-likeness (QED) is 0.886. The molecule has 1 amide bonds. The Kier molecular flexibility index (Phi) is 2.84. The molecule has 3 N–H and O–H groups in total. The second-order valence-corrected chi connectivity index (χ2v) is 5.84. The van der Waals surface area contributed by atoms with E-state index in [-0.39, 0.29) is 11.3 Å². The Morgan fingerprint density at radius 1 is 1.39 bits per heavy atom. The fraction of sp³-hybridized carbons (Fsp3) is 0.357. The van der Waals surface area contributed by atoms with Crippen molar-refractivity contribution in [3.63, 3.8) is 0 Å². The summed E-state index contributed by atoms with van der Waals surface area (Å²) in [6.45, 7) is 1.06. The Hall–Kier alpha value is -1.39. The monoisotopic (exact) mass is 260 g/mol. The van der Waals surface area contributed by atoms with E-state index in [0.717, 1.165) is 12.8 Å². The van der Waals surface area contributed by atoms with Crippen molar-refractivity contribution in [2.45, 2.75) is 19.4 Å². The molecule has 0 bridgehead atoms. The highest BCUT2D eigenvalue weighted by atomic mass is 32.1. The maximum Gasteiger partial charge on any atom is 0.227 e. The first-order chi connectivity index (χ1) is 8.75. The molecule has 0 aliphatic heterocycles. The number of carbonyl (C=O) groups is 1. The molecule has 0 spiro atoms. The first kappa shape index (κ1) is 11.7. The smallest absolute Gasteiger partial charge is 0.227 e. The van der Waals surface area contributed by atoms with Gasteiger partial charge in [-0.3, -0.25) is 4.79 Å². The van der Waals surface area contributed by atoms with Gasteiger partial charge in [0, 0.05) is 17.8 Å². The predicted molar refractivity (Wildman–Crippen MR) is 74.4 cm³/mol. The SMILES string of the molecule is NCC1(C(=O)NCc2csc3ccccc23)CC1. The lowest BCUT2D eigenvalue weighted by Gasteiger charge is -2.12. The summed E-state index contributed by atoms with van der Waals surface area (Å²) in [7, 11) is 0. The average molecular weight is 260 g/mol. The number of carbonyl (C=O) groups excluding carboxylic acids is 1. The van der Waals surface area contributed by atoms with Crippen LogP contribution in [0.5, 0.6) is 0 Å². The van der Waals surface area contributed by atoms with Crippen LogP contribution in [0.1, 0.15) is 18.4 Å². The number of nitrogens with one attached hydrogen (secondary N) is 1. The van der Waals surface area contributed by atoms with Gasteiger partial charge in [-0.05, 0) is 35.2 Å². The van der Waals surface area contributed by atoms with E-state index in [1.807, 2.05) is 12.1 Å². The molecule has 0 saturated heterocycles. The second-order valence-electron chi connectivity index (χ2n) is 4.92. The third kappa shape index (κ3) is 1.91. The number of hydrogen-bond acceptors (Lipinski definition) is 3. The van der Waals surface area contributed by atoms with Crippen molar-refractivity contribution in [1.82, 2.24) is 5.32 Å². The molecule has 1 aromatic heterocycles. The number of hydrogen-bond donors (Lipinski definition) is 2. The van der Waals surface area contributed by atoms with Gasteiger partial charge in [0.2, 0.25) is 5.91 Å². The van der Waals surface area contributed by atoms with Crippen LogP contribution in [-0.4, -0.2) is 12.5 Å². The fourth-order valence-electron chi connectivity index (χ4n) is 2.21. The van der Waals surface area contributed by atoms with Crippen LogP contribution in [0.2, 0.25) is 0 Å². The molecular weight excluding hydrogens is 244 g/mol. The summed E-state index contributed by atoms with van der Waals surface area (Å²) in [5, 5.41) is 6.37. The first-order valence-corrected chi connectivity index (χ1v) is 7.07. The molecule has 3 nitrogen and oxygen atoms in total. The molecule has 2 aromatic rings. The van der Waals surface area contributed by atoms with Gasteiger partial charge >= 0.3 is 0 Å². The van der Waals surface area contributed by atoms with Crippen LogP contribution in [0.3, 0.4) is 0 Å². The van der Waals surface area contributed by atoms with Gasteiger partial charge in [0.05, 0.1) is 5.41 Å². The fourth-order valence-corrected chi connectivity index (χ4v) is 3.17. The normalized spacial score (nSPS) is 16.7. The maximum absolute atomic E-state index is 12.0. The highest BCUT2D eigenvalue weighted by Crippen LogP contribution is 2.44. The van der Waals surface area contributed by atoms with Gasteiger partial charge in [0.1, 0.15) is 0 Å². The summed E-state index contributed by atoms with van der Waals surface area (Å²) < 4.78 is 1.27. The molecule has 0 unspecified atom stereocenters. The molecule has 1 aliphatic rings. The van der Waals surface area contributed by atoms with E-state index in [0.29, 0.717) is 13.1 Å². The summed E-state index contributed by atoms with van der Waals surface area (Å²) in [6.07, 6.45) is 1.86. The van der Waals surface area contributed by atoms with Crippen LogP contribution in [0.4, 0.5) is 0 Å². The topological polar surface area (TPSA) is 55.1 Å². The Morgan fingerprint density at radius 2 is 2.17 bits per heavy atom. The highest BCUT2D eigenvalue weighted by molar-refractivity contribution is 7.17. The minimum Gasteiger partial charge on any atom is -0.351 e. The standard InChI is InChI=1S/C14H16N2OS/c15-9-14(5-6-14)13(17)16-7-10-8-18-12-4-2-1-3-11(10)12/h1-4,8H,5-7,9,15H2,(H,16,17). The molecule has 1 saturated carbocycles. The van der Waals surface area contributed by atoms with Crippen LogP contribution in [0.25, 0.3) is 10.1 Å². The van der Waals surface area contributed by atoms with E-state index in [1.54, 1.807) is 11.3 Å². The zero-order valence-corrected chi connectivity index (χ0v) is 10.9. The molecule has 1 fully saturated rings. The molecule has 1 aliphatic carbocycles. The minimum absolute atomic E-state index is 0.111. The van der Waals surface area contributed by atoms with Crippen LogP contribution >= 0.6 is 11.3 Å². The summed E-state index contributed by atoms with van der Waals surface area (Å²) >= 11 is 1.72. The highest BCUT2D eigenvalue weighted by Gasteiger charge is 2.48. The van der Waals surface area contributed by atoms with Gasteiger partial charge in [-0.25, -0.2) is 0 Å². The summed E-state index contributed by atoms with van der Waals surface area (Å²) in [4.78, 5) is 12.0. The number of rotatable bonds is 4. The van der Waals surface area contributed by atoms with E-state index < -0.39 is 0 Å². The van der Waals surface area contributed by atoms with Gasteiger partial charge in [0.15, 0.2) is 0 Å². The molecular formula is C14H16N2OS. The average Bonchev–Trinajstić information content (AvgIpc) is 3.11. The van der Waals surface area contributed by atoms with E-state index in [1.165, 1.54) is 15.6 Å². The molecule has 0 atom stereocenters. The van der Waals surface area contributed by atoms with Crippen molar-refractivity contribution in [3.8, 4) is 0 Å². The van der Waals surface area contributed by atoms with Gasteiger partial charge in [0.25, 0.3) is 0 Å². The lowest BCUT2D eigenvalue weighted by atomic mass is 10.1. The van der Waals surface area contributed by atoms with Crippen molar-refractivity contribution in [2.75, 3.05) is 6.54 Å². The second kappa shape index (κ2) is 4.37. The minimum atomic E-state index is -0.258. The maximum atomic E-state index is 12.0. The number of fused-ring (bicyclic) bond motifs is 1. The van der Waals surface area contributed by atoms with Gasteiger partial charge in [-0.15, -0.1) is 11.3 Å². The van der Waals surface area contributed by atoms with Crippen LogP contribution < -0.4 is 11.1 Å².